The summed E-state index contributed by atoms with van der Waals surface area (Å²) in [5, 5.41) is 6.44. The standard InChI is InChI=1S/C16H18ClN3O/c1-11-4-2-3-5-13(11)12-6-8-20(9-7-12)14-10-18-19-16(21)15(14)17/h2-5,10,12H,6-9H2,1H3,(H,19,21). The second-order valence-electron chi connectivity index (χ2n) is 5.52. The van der Waals surface area contributed by atoms with Crippen molar-refractivity contribution in [2.75, 3.05) is 18.0 Å². The molecule has 0 bridgehead atoms. The third kappa shape index (κ3) is 2.81. The Morgan fingerprint density at radius 3 is 2.71 bits per heavy atom. The molecule has 1 fully saturated rings. The van der Waals surface area contributed by atoms with E-state index < -0.39 is 0 Å². The molecule has 5 heteroatoms. The SMILES string of the molecule is Cc1ccccc1C1CCN(c2cn[nH]c(=O)c2Cl)CC1. The third-order valence-corrected chi connectivity index (χ3v) is 4.61. The molecule has 2 aromatic rings. The first-order chi connectivity index (χ1) is 10.2. The maximum Gasteiger partial charge on any atom is 0.285 e. The summed E-state index contributed by atoms with van der Waals surface area (Å²) in [6.45, 7) is 3.95. The van der Waals surface area contributed by atoms with Crippen molar-refractivity contribution in [3.05, 3.63) is 57.0 Å². The highest BCUT2D eigenvalue weighted by atomic mass is 35.5. The second kappa shape index (κ2) is 5.90. The number of rotatable bonds is 2. The minimum absolute atomic E-state index is 0.236. The van der Waals surface area contributed by atoms with E-state index in [1.165, 1.54) is 11.1 Å². The van der Waals surface area contributed by atoms with Crippen molar-refractivity contribution in [1.29, 1.82) is 0 Å². The molecule has 1 aromatic carbocycles. The zero-order valence-corrected chi connectivity index (χ0v) is 12.7. The highest BCUT2D eigenvalue weighted by Gasteiger charge is 2.23. The van der Waals surface area contributed by atoms with Crippen LogP contribution in [0.1, 0.15) is 29.9 Å². The predicted molar refractivity (Wildman–Crippen MR) is 85.2 cm³/mol. The Balaban J connectivity index is 1.75. The summed E-state index contributed by atoms with van der Waals surface area (Å²) in [6.07, 6.45) is 3.76. The monoisotopic (exact) mass is 303 g/mol. The molecule has 3 rings (SSSR count). The Bertz CT molecular complexity index is 690. The molecule has 0 atom stereocenters. The van der Waals surface area contributed by atoms with Crippen molar-refractivity contribution in [2.24, 2.45) is 0 Å². The summed E-state index contributed by atoms with van der Waals surface area (Å²) in [7, 11) is 0. The van der Waals surface area contributed by atoms with Crippen LogP contribution in [0.25, 0.3) is 0 Å². The van der Waals surface area contributed by atoms with Gasteiger partial charge in [-0.05, 0) is 36.8 Å². The molecule has 0 radical (unpaired) electrons. The molecule has 1 aliphatic heterocycles. The number of nitrogens with zero attached hydrogens (tertiary/aromatic N) is 2. The molecule has 0 spiro atoms. The van der Waals surface area contributed by atoms with E-state index in [-0.39, 0.29) is 10.6 Å². The Kier molecular flexibility index (Phi) is 3.97. The molecule has 110 valence electrons. The Morgan fingerprint density at radius 2 is 2.00 bits per heavy atom. The number of H-pyrrole nitrogens is 1. The van der Waals surface area contributed by atoms with Crippen LogP contribution in [0.3, 0.4) is 0 Å². The van der Waals surface area contributed by atoms with Gasteiger partial charge in [-0.3, -0.25) is 4.79 Å². The molecule has 0 saturated carbocycles. The lowest BCUT2D eigenvalue weighted by molar-refractivity contribution is 0.503. The molecule has 0 unspecified atom stereocenters. The number of anilines is 1. The fourth-order valence-corrected chi connectivity index (χ4v) is 3.28. The van der Waals surface area contributed by atoms with Crippen LogP contribution in [0.5, 0.6) is 0 Å². The first kappa shape index (κ1) is 14.1. The van der Waals surface area contributed by atoms with Crippen molar-refractivity contribution in [3.63, 3.8) is 0 Å². The molecule has 1 saturated heterocycles. The number of nitrogens with one attached hydrogen (secondary N) is 1. The Morgan fingerprint density at radius 1 is 1.29 bits per heavy atom. The normalized spacial score (nSPS) is 16.2. The molecule has 0 amide bonds. The van der Waals surface area contributed by atoms with Crippen molar-refractivity contribution in [3.8, 4) is 0 Å². The molecule has 1 aromatic heterocycles. The van der Waals surface area contributed by atoms with Crippen molar-refractivity contribution in [2.45, 2.75) is 25.7 Å². The van der Waals surface area contributed by atoms with Crippen LogP contribution in [-0.2, 0) is 0 Å². The summed E-state index contributed by atoms with van der Waals surface area (Å²) in [4.78, 5) is 13.7. The fraction of sp³-hybridized carbons (Fsp3) is 0.375. The third-order valence-electron chi connectivity index (χ3n) is 4.24. The van der Waals surface area contributed by atoms with Gasteiger partial charge in [0.25, 0.3) is 5.56 Å². The van der Waals surface area contributed by atoms with Crippen LogP contribution in [0.15, 0.2) is 35.3 Å². The molecule has 4 nitrogen and oxygen atoms in total. The van der Waals surface area contributed by atoms with Crippen LogP contribution in [0.4, 0.5) is 5.69 Å². The largest absolute Gasteiger partial charge is 0.369 e. The van der Waals surface area contributed by atoms with Gasteiger partial charge in [-0.15, -0.1) is 0 Å². The number of halogens is 1. The number of hydrogen-bond donors (Lipinski definition) is 1. The first-order valence-corrected chi connectivity index (χ1v) is 7.58. The van der Waals surface area contributed by atoms with Crippen LogP contribution >= 0.6 is 11.6 Å². The number of benzene rings is 1. The van der Waals surface area contributed by atoms with E-state index in [1.807, 2.05) is 0 Å². The van der Waals surface area contributed by atoms with Gasteiger partial charge in [-0.2, -0.15) is 5.10 Å². The summed E-state index contributed by atoms with van der Waals surface area (Å²) in [6, 6.07) is 8.57. The Labute approximate surface area is 128 Å². The molecule has 2 heterocycles. The average Bonchev–Trinajstić information content (AvgIpc) is 2.51. The highest BCUT2D eigenvalue weighted by Crippen LogP contribution is 2.33. The number of hydrogen-bond acceptors (Lipinski definition) is 3. The van der Waals surface area contributed by atoms with Gasteiger partial charge in [-0.1, -0.05) is 35.9 Å². The lowest BCUT2D eigenvalue weighted by atomic mass is 9.87. The van der Waals surface area contributed by atoms with Gasteiger partial charge in [0, 0.05) is 13.1 Å². The second-order valence-corrected chi connectivity index (χ2v) is 5.89. The van der Waals surface area contributed by atoms with E-state index >= 15 is 0 Å². The van der Waals surface area contributed by atoms with Gasteiger partial charge in [0.1, 0.15) is 5.02 Å². The van der Waals surface area contributed by atoms with Gasteiger partial charge in [0.2, 0.25) is 0 Å². The number of aromatic nitrogens is 2. The summed E-state index contributed by atoms with van der Waals surface area (Å²) >= 11 is 6.08. The first-order valence-electron chi connectivity index (χ1n) is 7.20. The zero-order chi connectivity index (χ0) is 14.8. The minimum Gasteiger partial charge on any atom is -0.369 e. The topological polar surface area (TPSA) is 49.0 Å². The summed E-state index contributed by atoms with van der Waals surface area (Å²) in [5.74, 6) is 0.580. The molecule has 0 aliphatic carbocycles. The highest BCUT2D eigenvalue weighted by molar-refractivity contribution is 6.32. The van der Waals surface area contributed by atoms with E-state index in [4.69, 9.17) is 11.6 Å². The van der Waals surface area contributed by atoms with Crippen LogP contribution < -0.4 is 10.5 Å². The number of aryl methyl sites for hydroxylation is 1. The smallest absolute Gasteiger partial charge is 0.285 e. The quantitative estimate of drug-likeness (QED) is 0.927. The van der Waals surface area contributed by atoms with E-state index in [0.717, 1.165) is 31.6 Å². The van der Waals surface area contributed by atoms with Crippen LogP contribution in [0.2, 0.25) is 5.02 Å². The molecular formula is C16H18ClN3O. The lowest BCUT2D eigenvalue weighted by Crippen LogP contribution is -2.34. The summed E-state index contributed by atoms with van der Waals surface area (Å²) < 4.78 is 0. The molecule has 1 N–H and O–H groups in total. The van der Waals surface area contributed by atoms with Gasteiger partial charge < -0.3 is 4.90 Å². The molecule has 21 heavy (non-hydrogen) atoms. The van der Waals surface area contributed by atoms with Gasteiger partial charge >= 0.3 is 0 Å². The number of aromatic amines is 1. The van der Waals surface area contributed by atoms with Gasteiger partial charge in [0.05, 0.1) is 11.9 Å². The van der Waals surface area contributed by atoms with Gasteiger partial charge in [0.15, 0.2) is 0 Å². The maximum absolute atomic E-state index is 11.5. The van der Waals surface area contributed by atoms with Crippen molar-refractivity contribution >= 4 is 17.3 Å². The van der Waals surface area contributed by atoms with E-state index in [9.17, 15) is 4.79 Å². The Hall–Kier alpha value is -1.81. The number of piperidine rings is 1. The zero-order valence-electron chi connectivity index (χ0n) is 12.0. The summed E-state index contributed by atoms with van der Waals surface area (Å²) in [5.41, 5.74) is 3.21. The van der Waals surface area contributed by atoms with Crippen molar-refractivity contribution in [1.82, 2.24) is 10.2 Å². The molecule has 1 aliphatic rings. The lowest BCUT2D eigenvalue weighted by Gasteiger charge is -2.34. The van der Waals surface area contributed by atoms with Crippen LogP contribution in [-0.4, -0.2) is 23.3 Å². The van der Waals surface area contributed by atoms with E-state index in [1.54, 1.807) is 6.20 Å². The van der Waals surface area contributed by atoms with Crippen molar-refractivity contribution < 1.29 is 0 Å². The minimum atomic E-state index is -0.324. The molecular weight excluding hydrogens is 286 g/mol. The maximum atomic E-state index is 11.5. The van der Waals surface area contributed by atoms with Crippen LogP contribution in [0, 0.1) is 6.92 Å². The van der Waals surface area contributed by atoms with Gasteiger partial charge in [-0.25, -0.2) is 5.10 Å². The van der Waals surface area contributed by atoms with E-state index in [0.29, 0.717) is 5.92 Å². The average molecular weight is 304 g/mol. The predicted octanol–water partition coefficient (Wildman–Crippen LogP) is 3.12. The van der Waals surface area contributed by atoms with E-state index in [2.05, 4.69) is 46.3 Å². The fourth-order valence-electron chi connectivity index (χ4n) is 3.07.